The molecule has 2 aliphatic rings. The quantitative estimate of drug-likeness (QED) is 0.803. The molecule has 126 valence electrons. The molecule has 1 heterocycles. The van der Waals surface area contributed by atoms with Gasteiger partial charge in [0.05, 0.1) is 4.90 Å². The van der Waals surface area contributed by atoms with Gasteiger partial charge in [-0.05, 0) is 55.8 Å². The summed E-state index contributed by atoms with van der Waals surface area (Å²) in [5, 5.41) is 0. The van der Waals surface area contributed by atoms with Crippen LogP contribution in [0, 0.1) is 11.8 Å². The van der Waals surface area contributed by atoms with E-state index in [-0.39, 0.29) is 10.8 Å². The Hall–Kier alpha value is -1.44. The smallest absolute Gasteiger partial charge is 0.253 e. The number of sulfonamides is 1. The Morgan fingerprint density at radius 1 is 1.26 bits per heavy atom. The van der Waals surface area contributed by atoms with Crippen LogP contribution in [-0.4, -0.2) is 45.4 Å². The summed E-state index contributed by atoms with van der Waals surface area (Å²) in [6.07, 6.45) is 3.07. The molecule has 1 amide bonds. The van der Waals surface area contributed by atoms with Crippen LogP contribution < -0.4 is 10.5 Å². The second-order valence-electron chi connectivity index (χ2n) is 6.46. The van der Waals surface area contributed by atoms with Gasteiger partial charge in [0.25, 0.3) is 5.91 Å². The molecule has 0 radical (unpaired) electrons. The molecule has 23 heavy (non-hydrogen) atoms. The SMILES string of the molecule is NCC1CCN(C(=O)c2cccc(S(=O)(=O)NCC3CC3)c2)C1. The van der Waals surface area contributed by atoms with Gasteiger partial charge in [0.15, 0.2) is 0 Å². The second-order valence-corrected chi connectivity index (χ2v) is 8.23. The predicted octanol–water partition coefficient (Wildman–Crippen LogP) is 0.796. The van der Waals surface area contributed by atoms with Crippen LogP contribution in [0.3, 0.4) is 0 Å². The van der Waals surface area contributed by atoms with Gasteiger partial charge >= 0.3 is 0 Å². The molecule has 1 saturated heterocycles. The lowest BCUT2D eigenvalue weighted by atomic mass is 10.1. The lowest BCUT2D eigenvalue weighted by Crippen LogP contribution is -2.30. The van der Waals surface area contributed by atoms with Crippen LogP contribution in [-0.2, 0) is 10.0 Å². The van der Waals surface area contributed by atoms with Gasteiger partial charge in [-0.3, -0.25) is 4.79 Å². The maximum absolute atomic E-state index is 12.5. The van der Waals surface area contributed by atoms with Crippen molar-refractivity contribution in [2.45, 2.75) is 24.2 Å². The average Bonchev–Trinajstić information content (AvgIpc) is 3.27. The largest absolute Gasteiger partial charge is 0.338 e. The molecule has 1 aromatic rings. The first-order valence-electron chi connectivity index (χ1n) is 8.08. The number of hydrogen-bond donors (Lipinski definition) is 2. The van der Waals surface area contributed by atoms with Crippen LogP contribution in [0.25, 0.3) is 0 Å². The number of carbonyl (C=O) groups is 1. The first-order chi connectivity index (χ1) is 11.0. The number of benzene rings is 1. The summed E-state index contributed by atoms with van der Waals surface area (Å²) in [5.41, 5.74) is 6.07. The third kappa shape index (κ3) is 3.91. The molecule has 1 aliphatic heterocycles. The van der Waals surface area contributed by atoms with Crippen LogP contribution in [0.4, 0.5) is 0 Å². The maximum atomic E-state index is 12.5. The third-order valence-electron chi connectivity index (χ3n) is 4.56. The normalized spacial score (nSPS) is 21.6. The van der Waals surface area contributed by atoms with Crippen LogP contribution in [0.1, 0.15) is 29.6 Å². The van der Waals surface area contributed by atoms with Crippen LogP contribution in [0.15, 0.2) is 29.2 Å². The Balaban J connectivity index is 1.72. The van der Waals surface area contributed by atoms with Crippen molar-refractivity contribution in [3.05, 3.63) is 29.8 Å². The summed E-state index contributed by atoms with van der Waals surface area (Å²) in [4.78, 5) is 14.4. The van der Waals surface area contributed by atoms with E-state index in [2.05, 4.69) is 4.72 Å². The van der Waals surface area contributed by atoms with E-state index >= 15 is 0 Å². The molecule has 3 N–H and O–H groups in total. The number of hydrogen-bond acceptors (Lipinski definition) is 4. The zero-order chi connectivity index (χ0) is 16.4. The minimum absolute atomic E-state index is 0.125. The average molecular weight is 337 g/mol. The number of nitrogens with one attached hydrogen (secondary N) is 1. The lowest BCUT2D eigenvalue weighted by Gasteiger charge is -2.17. The molecule has 3 rings (SSSR count). The molecule has 0 spiro atoms. The molecule has 0 aromatic heterocycles. The second kappa shape index (κ2) is 6.59. The van der Waals surface area contributed by atoms with E-state index in [1.807, 2.05) is 0 Å². The molecule has 0 bridgehead atoms. The first kappa shape index (κ1) is 16.4. The Morgan fingerprint density at radius 2 is 2.04 bits per heavy atom. The number of carbonyl (C=O) groups excluding carboxylic acids is 1. The summed E-state index contributed by atoms with van der Waals surface area (Å²) in [7, 11) is -3.55. The molecule has 6 nitrogen and oxygen atoms in total. The van der Waals surface area contributed by atoms with Crippen molar-refractivity contribution in [2.75, 3.05) is 26.2 Å². The van der Waals surface area contributed by atoms with Gasteiger partial charge in [0, 0.05) is 25.2 Å². The zero-order valence-electron chi connectivity index (χ0n) is 13.1. The van der Waals surface area contributed by atoms with E-state index in [1.165, 1.54) is 12.1 Å². The topological polar surface area (TPSA) is 92.5 Å². The number of nitrogens with zero attached hydrogens (tertiary/aromatic N) is 1. The Bertz CT molecular complexity index is 686. The van der Waals surface area contributed by atoms with Crippen LogP contribution >= 0.6 is 0 Å². The van der Waals surface area contributed by atoms with Gasteiger partial charge in [-0.1, -0.05) is 6.07 Å². The van der Waals surface area contributed by atoms with Crippen molar-refractivity contribution < 1.29 is 13.2 Å². The molecular weight excluding hydrogens is 314 g/mol. The standard InChI is InChI=1S/C16H23N3O3S/c17-9-13-6-7-19(11-13)16(20)14-2-1-3-15(8-14)23(21,22)18-10-12-4-5-12/h1-3,8,12-13,18H,4-7,9-11,17H2. The number of nitrogens with two attached hydrogens (primary N) is 1. The fraction of sp³-hybridized carbons (Fsp3) is 0.562. The summed E-state index contributed by atoms with van der Waals surface area (Å²) < 4.78 is 27.2. The molecule has 2 fully saturated rings. The van der Waals surface area contributed by atoms with Crippen LogP contribution in [0.5, 0.6) is 0 Å². The minimum atomic E-state index is -3.55. The monoisotopic (exact) mass is 337 g/mol. The highest BCUT2D eigenvalue weighted by Crippen LogP contribution is 2.28. The Kier molecular flexibility index (Phi) is 4.70. The minimum Gasteiger partial charge on any atom is -0.338 e. The van der Waals surface area contributed by atoms with Gasteiger partial charge in [0.1, 0.15) is 0 Å². The highest BCUT2D eigenvalue weighted by molar-refractivity contribution is 7.89. The predicted molar refractivity (Wildman–Crippen MR) is 87.4 cm³/mol. The fourth-order valence-electron chi connectivity index (χ4n) is 2.82. The highest BCUT2D eigenvalue weighted by atomic mass is 32.2. The Morgan fingerprint density at radius 3 is 2.70 bits per heavy atom. The number of amides is 1. The summed E-state index contributed by atoms with van der Waals surface area (Å²) in [6, 6.07) is 6.28. The third-order valence-corrected chi connectivity index (χ3v) is 5.98. The van der Waals surface area contributed by atoms with E-state index < -0.39 is 10.0 Å². The fourth-order valence-corrected chi connectivity index (χ4v) is 3.98. The van der Waals surface area contributed by atoms with E-state index in [4.69, 9.17) is 5.73 Å². The highest BCUT2D eigenvalue weighted by Gasteiger charge is 2.27. The summed E-state index contributed by atoms with van der Waals surface area (Å²) in [5.74, 6) is 0.679. The molecule has 1 atom stereocenters. The first-order valence-corrected chi connectivity index (χ1v) is 9.57. The lowest BCUT2D eigenvalue weighted by molar-refractivity contribution is 0.0787. The molecular formula is C16H23N3O3S. The molecule has 7 heteroatoms. The van der Waals surface area contributed by atoms with Gasteiger partial charge in [0.2, 0.25) is 10.0 Å². The molecule has 1 unspecified atom stereocenters. The van der Waals surface area contributed by atoms with Crippen molar-refractivity contribution >= 4 is 15.9 Å². The van der Waals surface area contributed by atoms with Crippen molar-refractivity contribution in [3.63, 3.8) is 0 Å². The van der Waals surface area contributed by atoms with E-state index in [1.54, 1.807) is 17.0 Å². The molecule has 1 saturated carbocycles. The number of likely N-dealkylation sites (tertiary alicyclic amines) is 1. The Labute approximate surface area is 137 Å². The molecule has 1 aliphatic carbocycles. The van der Waals surface area contributed by atoms with E-state index in [0.29, 0.717) is 43.6 Å². The maximum Gasteiger partial charge on any atom is 0.253 e. The van der Waals surface area contributed by atoms with Gasteiger partial charge in [-0.25, -0.2) is 13.1 Å². The summed E-state index contributed by atoms with van der Waals surface area (Å²) >= 11 is 0. The van der Waals surface area contributed by atoms with E-state index in [0.717, 1.165) is 19.3 Å². The molecule has 1 aromatic carbocycles. The van der Waals surface area contributed by atoms with Gasteiger partial charge in [-0.15, -0.1) is 0 Å². The van der Waals surface area contributed by atoms with Crippen molar-refractivity contribution in [1.29, 1.82) is 0 Å². The zero-order valence-corrected chi connectivity index (χ0v) is 13.9. The number of rotatable bonds is 6. The van der Waals surface area contributed by atoms with Crippen molar-refractivity contribution in [3.8, 4) is 0 Å². The van der Waals surface area contributed by atoms with Crippen LogP contribution in [0.2, 0.25) is 0 Å². The summed E-state index contributed by atoms with van der Waals surface area (Å²) in [6.45, 7) is 2.37. The van der Waals surface area contributed by atoms with Crippen molar-refractivity contribution in [1.82, 2.24) is 9.62 Å². The van der Waals surface area contributed by atoms with Crippen molar-refractivity contribution in [2.24, 2.45) is 17.6 Å². The van der Waals surface area contributed by atoms with Gasteiger partial charge in [-0.2, -0.15) is 0 Å². The van der Waals surface area contributed by atoms with E-state index in [9.17, 15) is 13.2 Å². The van der Waals surface area contributed by atoms with Gasteiger partial charge < -0.3 is 10.6 Å².